The van der Waals surface area contributed by atoms with E-state index in [1.54, 1.807) is 41.5 Å². The van der Waals surface area contributed by atoms with Gasteiger partial charge < -0.3 is 9.47 Å². The molecule has 2 rings (SSSR count). The third-order valence-electron chi connectivity index (χ3n) is 2.85. The zero-order chi connectivity index (χ0) is 19.9. The van der Waals surface area contributed by atoms with Crippen molar-refractivity contribution in [3.05, 3.63) is 15.7 Å². The first-order valence-electron chi connectivity index (χ1n) is 7.96. The summed E-state index contributed by atoms with van der Waals surface area (Å²) in [6.07, 6.45) is -0.265. The van der Waals surface area contributed by atoms with E-state index in [0.717, 1.165) is 9.91 Å². The lowest BCUT2D eigenvalue weighted by Crippen LogP contribution is -2.44. The maximum Gasteiger partial charge on any atom is 0.424 e. The Labute approximate surface area is 164 Å². The van der Waals surface area contributed by atoms with E-state index in [1.807, 2.05) is 6.92 Å². The van der Waals surface area contributed by atoms with Crippen molar-refractivity contribution in [3.63, 3.8) is 0 Å². The molecular weight excluding hydrogens is 422 g/mol. The molecule has 0 bridgehead atoms. The van der Waals surface area contributed by atoms with E-state index in [4.69, 9.17) is 9.47 Å². The highest BCUT2D eigenvalue weighted by atomic mass is 79.9. The summed E-state index contributed by atoms with van der Waals surface area (Å²) in [6, 6.07) is 0. The molecule has 26 heavy (non-hydrogen) atoms. The second-order valence-electron chi connectivity index (χ2n) is 7.64. The van der Waals surface area contributed by atoms with Gasteiger partial charge in [-0.15, -0.1) is 0 Å². The number of aryl methyl sites for hydroxylation is 1. The lowest BCUT2D eigenvalue weighted by molar-refractivity contribution is 0.0430. The minimum absolute atomic E-state index is 0.214. The fourth-order valence-electron chi connectivity index (χ4n) is 1.99. The van der Waals surface area contributed by atoms with E-state index in [0.29, 0.717) is 14.8 Å². The zero-order valence-electron chi connectivity index (χ0n) is 15.8. The van der Waals surface area contributed by atoms with Crippen LogP contribution in [0.15, 0.2) is 10.7 Å². The number of thiazole rings is 1. The Morgan fingerprint density at radius 3 is 2.04 bits per heavy atom. The second kappa shape index (κ2) is 7.11. The molecule has 0 atom stereocenters. The van der Waals surface area contributed by atoms with Crippen LogP contribution in [-0.2, 0) is 9.47 Å². The number of aromatic nitrogens is 2. The molecule has 0 spiro atoms. The van der Waals surface area contributed by atoms with Crippen LogP contribution in [0.3, 0.4) is 0 Å². The van der Waals surface area contributed by atoms with Gasteiger partial charge in [0.15, 0.2) is 0 Å². The molecule has 0 fully saturated rings. The highest BCUT2D eigenvalue weighted by Gasteiger charge is 2.34. The number of hydrogen-bond acceptors (Lipinski definition) is 7. The molecular formula is C17H22BrN3O4S. The molecule has 2 aromatic heterocycles. The summed E-state index contributed by atoms with van der Waals surface area (Å²) in [6.45, 7) is 12.2. The quantitative estimate of drug-likeness (QED) is 0.583. The maximum absolute atomic E-state index is 12.7. The molecule has 0 saturated carbocycles. The topological polar surface area (TPSA) is 81.6 Å². The lowest BCUT2D eigenvalue weighted by Gasteiger charge is -2.28. The van der Waals surface area contributed by atoms with Crippen LogP contribution in [0.4, 0.5) is 15.3 Å². The Bertz CT molecular complexity index is 824. The van der Waals surface area contributed by atoms with Crippen molar-refractivity contribution in [2.45, 2.75) is 59.7 Å². The SMILES string of the molecule is Cc1nc2c(Br)c(N(C(=O)OC(C)(C)C)C(=O)OC(C)(C)C)cnc2s1. The van der Waals surface area contributed by atoms with E-state index < -0.39 is 23.4 Å². The summed E-state index contributed by atoms with van der Waals surface area (Å²) in [7, 11) is 0. The first kappa shape index (κ1) is 20.6. The number of anilines is 1. The summed E-state index contributed by atoms with van der Waals surface area (Å²) in [4.78, 5) is 35.7. The van der Waals surface area contributed by atoms with Gasteiger partial charge in [0.25, 0.3) is 0 Å². The van der Waals surface area contributed by atoms with Crippen LogP contribution in [0.2, 0.25) is 0 Å². The van der Waals surface area contributed by atoms with Crippen molar-refractivity contribution in [2.75, 3.05) is 4.90 Å². The first-order chi connectivity index (χ1) is 11.8. The zero-order valence-corrected chi connectivity index (χ0v) is 18.2. The monoisotopic (exact) mass is 443 g/mol. The van der Waals surface area contributed by atoms with Gasteiger partial charge in [0.2, 0.25) is 0 Å². The number of nitrogens with zero attached hydrogens (tertiary/aromatic N) is 3. The van der Waals surface area contributed by atoms with Gasteiger partial charge in [-0.25, -0.2) is 19.6 Å². The second-order valence-corrected chi connectivity index (χ2v) is 9.61. The van der Waals surface area contributed by atoms with Crippen molar-refractivity contribution < 1.29 is 19.1 Å². The van der Waals surface area contributed by atoms with E-state index in [-0.39, 0.29) is 5.69 Å². The fraction of sp³-hybridized carbons (Fsp3) is 0.529. The van der Waals surface area contributed by atoms with Gasteiger partial charge in [0, 0.05) is 0 Å². The van der Waals surface area contributed by atoms with Crippen molar-refractivity contribution >= 4 is 55.5 Å². The number of rotatable bonds is 1. The van der Waals surface area contributed by atoms with Gasteiger partial charge in [-0.2, -0.15) is 4.90 Å². The van der Waals surface area contributed by atoms with Gasteiger partial charge in [-0.1, -0.05) is 11.3 Å². The van der Waals surface area contributed by atoms with Crippen LogP contribution >= 0.6 is 27.3 Å². The smallest absolute Gasteiger partial charge is 0.424 e. The summed E-state index contributed by atoms with van der Waals surface area (Å²) in [5.41, 5.74) is -0.773. The summed E-state index contributed by atoms with van der Waals surface area (Å²) in [5.74, 6) is 0. The van der Waals surface area contributed by atoms with Gasteiger partial charge in [-0.05, 0) is 64.4 Å². The van der Waals surface area contributed by atoms with Crippen LogP contribution in [0.1, 0.15) is 46.6 Å². The summed E-state index contributed by atoms with van der Waals surface area (Å²) < 4.78 is 11.2. The third kappa shape index (κ3) is 4.91. The number of fused-ring (bicyclic) bond motifs is 1. The maximum atomic E-state index is 12.7. The Kier molecular flexibility index (Phi) is 5.63. The van der Waals surface area contributed by atoms with Crippen LogP contribution in [0.5, 0.6) is 0 Å². The number of ether oxygens (including phenoxy) is 2. The highest BCUT2D eigenvalue weighted by molar-refractivity contribution is 9.10. The summed E-state index contributed by atoms with van der Waals surface area (Å²) >= 11 is 4.86. The average molecular weight is 444 g/mol. The highest BCUT2D eigenvalue weighted by Crippen LogP contribution is 2.35. The number of pyridine rings is 1. The van der Waals surface area contributed by atoms with Crippen LogP contribution in [-0.4, -0.2) is 33.4 Å². The first-order valence-corrected chi connectivity index (χ1v) is 9.57. The van der Waals surface area contributed by atoms with Crippen molar-refractivity contribution in [1.82, 2.24) is 9.97 Å². The van der Waals surface area contributed by atoms with E-state index in [9.17, 15) is 9.59 Å². The number of halogens is 1. The average Bonchev–Trinajstić information content (AvgIpc) is 2.79. The molecule has 142 valence electrons. The number of carbonyl (C=O) groups excluding carboxylic acids is 2. The molecule has 0 aliphatic carbocycles. The van der Waals surface area contributed by atoms with E-state index >= 15 is 0 Å². The lowest BCUT2D eigenvalue weighted by atomic mass is 10.2. The molecule has 0 aliphatic rings. The third-order valence-corrected chi connectivity index (χ3v) is 4.51. The van der Waals surface area contributed by atoms with Crippen molar-refractivity contribution in [3.8, 4) is 0 Å². The molecule has 0 aliphatic heterocycles. The molecule has 2 heterocycles. The van der Waals surface area contributed by atoms with E-state index in [2.05, 4.69) is 25.9 Å². The predicted molar refractivity (Wildman–Crippen MR) is 105 cm³/mol. The largest absolute Gasteiger partial charge is 0.443 e. The molecule has 0 aromatic carbocycles. The Hall–Kier alpha value is -1.74. The molecule has 7 nitrogen and oxygen atoms in total. The minimum Gasteiger partial charge on any atom is -0.443 e. The molecule has 2 aromatic rings. The van der Waals surface area contributed by atoms with E-state index in [1.165, 1.54) is 17.5 Å². The van der Waals surface area contributed by atoms with Crippen LogP contribution < -0.4 is 4.90 Å². The number of carbonyl (C=O) groups is 2. The van der Waals surface area contributed by atoms with Gasteiger partial charge in [0.05, 0.1) is 21.4 Å². The van der Waals surface area contributed by atoms with Crippen molar-refractivity contribution in [2.24, 2.45) is 0 Å². The fourth-order valence-corrected chi connectivity index (χ4v) is 3.44. The summed E-state index contributed by atoms with van der Waals surface area (Å²) in [5, 5.41) is 0.825. The van der Waals surface area contributed by atoms with Gasteiger partial charge in [-0.3, -0.25) is 0 Å². The number of hydrogen-bond donors (Lipinski definition) is 0. The molecule has 0 N–H and O–H groups in total. The Morgan fingerprint density at radius 1 is 1.08 bits per heavy atom. The molecule has 2 amide bonds. The standard InChI is InChI=1S/C17H22BrN3O4S/c1-9-20-12-11(18)10(8-19-13(12)26-9)21(14(22)24-16(2,3)4)15(23)25-17(5,6)7/h8H,1-7H3. The molecule has 0 radical (unpaired) electrons. The molecule has 0 saturated heterocycles. The minimum atomic E-state index is -0.847. The Balaban J connectivity index is 2.54. The molecule has 9 heteroatoms. The van der Waals surface area contributed by atoms with Gasteiger partial charge in [0.1, 0.15) is 21.5 Å². The van der Waals surface area contributed by atoms with Crippen molar-refractivity contribution in [1.29, 1.82) is 0 Å². The number of imide groups is 1. The predicted octanol–water partition coefficient (Wildman–Crippen LogP) is 5.44. The van der Waals surface area contributed by atoms with Crippen LogP contribution in [0.25, 0.3) is 10.3 Å². The number of amides is 2. The molecule has 0 unspecified atom stereocenters. The Morgan fingerprint density at radius 2 is 1.58 bits per heavy atom. The normalized spacial score (nSPS) is 12.2. The van der Waals surface area contributed by atoms with Gasteiger partial charge >= 0.3 is 12.2 Å². The van der Waals surface area contributed by atoms with Crippen LogP contribution in [0, 0.1) is 6.92 Å².